The molecule has 0 amide bonds. The Morgan fingerprint density at radius 3 is 2.52 bits per heavy atom. The van der Waals surface area contributed by atoms with Gasteiger partial charge in [0.25, 0.3) is 0 Å². The van der Waals surface area contributed by atoms with E-state index in [2.05, 4.69) is 5.32 Å². The van der Waals surface area contributed by atoms with Gasteiger partial charge in [-0.3, -0.25) is 0 Å². The minimum atomic E-state index is -3.64. The van der Waals surface area contributed by atoms with Crippen molar-refractivity contribution in [3.8, 4) is 11.3 Å². The molecule has 0 aliphatic heterocycles. The highest BCUT2D eigenvalue weighted by Crippen LogP contribution is 2.29. The first-order valence-electron chi connectivity index (χ1n) is 8.51. The van der Waals surface area contributed by atoms with E-state index in [1.807, 2.05) is 37.3 Å². The summed E-state index contributed by atoms with van der Waals surface area (Å²) in [5, 5.41) is 9.14. The monoisotopic (exact) mass is 404 g/mol. The fraction of sp³-hybridized carbons (Fsp3) is 0.200. The lowest BCUT2D eigenvalue weighted by Gasteiger charge is -2.06. The average molecular weight is 405 g/mol. The van der Waals surface area contributed by atoms with Crippen LogP contribution in [0, 0.1) is 6.92 Å². The average Bonchev–Trinajstić information content (AvgIpc) is 3.09. The smallest absolute Gasteiger partial charge is 0.238 e. The maximum atomic E-state index is 11.3. The Labute approximate surface area is 164 Å². The molecule has 27 heavy (non-hydrogen) atoms. The summed E-state index contributed by atoms with van der Waals surface area (Å²) < 4.78 is 28.4. The Bertz CT molecular complexity index is 1030. The molecule has 0 aliphatic carbocycles. The number of hydrogen-bond donors (Lipinski definition) is 2. The van der Waals surface area contributed by atoms with E-state index >= 15 is 0 Å². The van der Waals surface area contributed by atoms with Crippen molar-refractivity contribution in [3.05, 3.63) is 76.5 Å². The first kappa shape index (κ1) is 19.6. The number of nitrogens with two attached hydrogens (primary N) is 1. The molecular formula is C20H21ClN2O3S. The number of rotatable bonds is 7. The molecule has 0 unspecified atom stereocenters. The van der Waals surface area contributed by atoms with Crippen LogP contribution in [0.25, 0.3) is 11.3 Å². The lowest BCUT2D eigenvalue weighted by Crippen LogP contribution is -2.16. The summed E-state index contributed by atoms with van der Waals surface area (Å²) in [4.78, 5) is 0.124. The molecular weight excluding hydrogens is 384 g/mol. The molecule has 0 bridgehead atoms. The van der Waals surface area contributed by atoms with Gasteiger partial charge in [0.2, 0.25) is 10.0 Å². The van der Waals surface area contributed by atoms with Gasteiger partial charge < -0.3 is 9.73 Å². The molecule has 142 valence electrons. The molecule has 3 aromatic rings. The van der Waals surface area contributed by atoms with Crippen LogP contribution < -0.4 is 10.5 Å². The number of furan rings is 1. The fourth-order valence-corrected chi connectivity index (χ4v) is 3.47. The molecule has 2 aromatic carbocycles. The van der Waals surface area contributed by atoms with Crippen LogP contribution in [0.1, 0.15) is 16.9 Å². The second-order valence-electron chi connectivity index (χ2n) is 6.29. The number of nitrogens with one attached hydrogen (secondary N) is 1. The Hall–Kier alpha value is -2.12. The van der Waals surface area contributed by atoms with Gasteiger partial charge >= 0.3 is 0 Å². The van der Waals surface area contributed by atoms with Crippen molar-refractivity contribution >= 4 is 21.6 Å². The standard InChI is InChI=1S/C20H21ClN2O3S/c1-14-18(3-2-4-19(14)21)20-10-7-16(26-20)13-23-12-11-15-5-8-17(9-6-15)27(22,24)25/h2-10,23H,11-13H2,1H3,(H2,22,24,25). The van der Waals surface area contributed by atoms with Crippen LogP contribution >= 0.6 is 11.6 Å². The van der Waals surface area contributed by atoms with Crippen LogP contribution in [0.2, 0.25) is 5.02 Å². The summed E-state index contributed by atoms with van der Waals surface area (Å²) in [6.07, 6.45) is 0.770. The third kappa shape index (κ3) is 4.99. The maximum absolute atomic E-state index is 11.3. The first-order valence-corrected chi connectivity index (χ1v) is 10.4. The first-order chi connectivity index (χ1) is 12.8. The second-order valence-corrected chi connectivity index (χ2v) is 8.26. The molecule has 0 atom stereocenters. The van der Waals surface area contributed by atoms with E-state index in [1.54, 1.807) is 12.1 Å². The van der Waals surface area contributed by atoms with Crippen LogP contribution in [-0.2, 0) is 23.0 Å². The van der Waals surface area contributed by atoms with E-state index in [0.29, 0.717) is 6.54 Å². The molecule has 0 fully saturated rings. The number of benzene rings is 2. The van der Waals surface area contributed by atoms with Gasteiger partial charge in [-0.05, 0) is 61.3 Å². The van der Waals surface area contributed by atoms with Crippen molar-refractivity contribution in [3.63, 3.8) is 0 Å². The minimum absolute atomic E-state index is 0.124. The van der Waals surface area contributed by atoms with Crippen LogP contribution in [-0.4, -0.2) is 15.0 Å². The molecule has 7 heteroatoms. The molecule has 5 nitrogen and oxygen atoms in total. The molecule has 0 radical (unpaired) electrons. The number of hydrogen-bond acceptors (Lipinski definition) is 4. The van der Waals surface area contributed by atoms with Crippen molar-refractivity contribution in [2.75, 3.05) is 6.54 Å². The summed E-state index contributed by atoms with van der Waals surface area (Å²) in [6, 6.07) is 16.2. The van der Waals surface area contributed by atoms with Crippen LogP contribution in [0.5, 0.6) is 0 Å². The third-order valence-corrected chi connectivity index (χ3v) is 5.68. The quantitative estimate of drug-likeness (QED) is 0.585. The molecule has 0 saturated heterocycles. The van der Waals surface area contributed by atoms with E-state index in [0.717, 1.165) is 46.2 Å². The van der Waals surface area contributed by atoms with Crippen LogP contribution in [0.3, 0.4) is 0 Å². The molecule has 0 spiro atoms. The highest BCUT2D eigenvalue weighted by atomic mass is 35.5. The van der Waals surface area contributed by atoms with Crippen LogP contribution in [0.15, 0.2) is 63.9 Å². The summed E-state index contributed by atoms with van der Waals surface area (Å²) >= 11 is 6.17. The Kier molecular flexibility index (Phi) is 6.01. The topological polar surface area (TPSA) is 85.3 Å². The Morgan fingerprint density at radius 1 is 1.07 bits per heavy atom. The Balaban J connectivity index is 1.53. The number of halogens is 1. The molecule has 3 N–H and O–H groups in total. The summed E-state index contributed by atoms with van der Waals surface area (Å²) in [5.41, 5.74) is 3.02. The highest BCUT2D eigenvalue weighted by molar-refractivity contribution is 7.89. The van der Waals surface area contributed by atoms with E-state index in [1.165, 1.54) is 12.1 Å². The number of sulfonamides is 1. The van der Waals surface area contributed by atoms with Gasteiger partial charge in [-0.2, -0.15) is 0 Å². The van der Waals surface area contributed by atoms with Gasteiger partial charge in [0, 0.05) is 10.6 Å². The maximum Gasteiger partial charge on any atom is 0.238 e. The lowest BCUT2D eigenvalue weighted by atomic mass is 10.1. The van der Waals surface area contributed by atoms with Crippen molar-refractivity contribution in [1.82, 2.24) is 5.32 Å². The van der Waals surface area contributed by atoms with Crippen molar-refractivity contribution in [2.45, 2.75) is 24.8 Å². The van der Waals surface area contributed by atoms with E-state index < -0.39 is 10.0 Å². The van der Waals surface area contributed by atoms with Crippen molar-refractivity contribution in [2.24, 2.45) is 5.14 Å². The van der Waals surface area contributed by atoms with Gasteiger partial charge in [0.05, 0.1) is 11.4 Å². The number of primary sulfonamides is 1. The van der Waals surface area contributed by atoms with Gasteiger partial charge in [-0.25, -0.2) is 13.6 Å². The highest BCUT2D eigenvalue weighted by Gasteiger charge is 2.09. The Morgan fingerprint density at radius 2 is 1.81 bits per heavy atom. The molecule has 1 heterocycles. The van der Waals surface area contributed by atoms with E-state index in [-0.39, 0.29) is 4.90 Å². The molecule has 0 saturated carbocycles. The minimum Gasteiger partial charge on any atom is -0.460 e. The van der Waals surface area contributed by atoms with Gasteiger partial charge in [-0.15, -0.1) is 0 Å². The summed E-state index contributed by atoms with van der Waals surface area (Å²) in [5.74, 6) is 1.64. The van der Waals surface area contributed by atoms with E-state index in [9.17, 15) is 8.42 Å². The zero-order valence-corrected chi connectivity index (χ0v) is 16.5. The van der Waals surface area contributed by atoms with E-state index in [4.69, 9.17) is 21.2 Å². The van der Waals surface area contributed by atoms with Crippen molar-refractivity contribution in [1.29, 1.82) is 0 Å². The third-order valence-electron chi connectivity index (χ3n) is 4.34. The zero-order chi connectivity index (χ0) is 19.4. The molecule has 0 aliphatic rings. The van der Waals surface area contributed by atoms with Gasteiger partial charge in [-0.1, -0.05) is 35.9 Å². The molecule has 1 aromatic heterocycles. The second kappa shape index (κ2) is 8.27. The van der Waals surface area contributed by atoms with Crippen LogP contribution in [0.4, 0.5) is 0 Å². The van der Waals surface area contributed by atoms with Gasteiger partial charge in [0.15, 0.2) is 0 Å². The lowest BCUT2D eigenvalue weighted by molar-refractivity contribution is 0.494. The summed E-state index contributed by atoms with van der Waals surface area (Å²) in [7, 11) is -3.64. The normalized spacial score (nSPS) is 11.7. The molecule has 3 rings (SSSR count). The SMILES string of the molecule is Cc1c(Cl)cccc1-c1ccc(CNCCc2ccc(S(N)(=O)=O)cc2)o1. The fourth-order valence-electron chi connectivity index (χ4n) is 2.78. The van der Waals surface area contributed by atoms with Gasteiger partial charge in [0.1, 0.15) is 11.5 Å². The van der Waals surface area contributed by atoms with Crippen molar-refractivity contribution < 1.29 is 12.8 Å². The predicted molar refractivity (Wildman–Crippen MR) is 107 cm³/mol. The summed E-state index contributed by atoms with van der Waals surface area (Å²) in [6.45, 7) is 3.31. The predicted octanol–water partition coefficient (Wildman–Crippen LogP) is 3.89. The zero-order valence-electron chi connectivity index (χ0n) is 14.9. The largest absolute Gasteiger partial charge is 0.460 e.